The van der Waals surface area contributed by atoms with Gasteiger partial charge in [-0.2, -0.15) is 0 Å². The number of nitrogens with zero attached hydrogens (tertiary/aromatic N) is 3. The second-order valence-corrected chi connectivity index (χ2v) is 8.20. The third-order valence-electron chi connectivity index (χ3n) is 3.81. The molecule has 0 aliphatic heterocycles. The molecule has 0 saturated carbocycles. The number of benzene rings is 1. The van der Waals surface area contributed by atoms with Crippen LogP contribution >= 0.6 is 0 Å². The van der Waals surface area contributed by atoms with Gasteiger partial charge in [-0.1, -0.05) is 12.1 Å². The van der Waals surface area contributed by atoms with Crippen LogP contribution in [-0.2, 0) is 16.6 Å². The van der Waals surface area contributed by atoms with Gasteiger partial charge >= 0.3 is 0 Å². The van der Waals surface area contributed by atoms with E-state index in [1.807, 2.05) is 18.2 Å². The van der Waals surface area contributed by atoms with E-state index in [2.05, 4.69) is 15.3 Å². The van der Waals surface area contributed by atoms with E-state index in [4.69, 9.17) is 5.41 Å². The molecule has 0 spiro atoms. The summed E-state index contributed by atoms with van der Waals surface area (Å²) in [4.78, 5) is 8.64. The SMILES string of the molecule is CC(C)S(=O)(=O)n1c(NCc2ccccn2)nc2ccc(C=N)cc21. The number of imidazole rings is 1. The molecule has 0 fully saturated rings. The lowest BCUT2D eigenvalue weighted by Crippen LogP contribution is -2.24. The van der Waals surface area contributed by atoms with Crippen molar-refractivity contribution >= 4 is 33.2 Å². The van der Waals surface area contributed by atoms with Crippen molar-refractivity contribution in [1.29, 1.82) is 5.41 Å². The molecule has 0 aliphatic carbocycles. The molecule has 2 heterocycles. The number of anilines is 1. The Kier molecular flexibility index (Phi) is 4.54. The van der Waals surface area contributed by atoms with Crippen molar-refractivity contribution in [3.63, 3.8) is 0 Å². The smallest absolute Gasteiger partial charge is 0.244 e. The molecule has 7 nitrogen and oxygen atoms in total. The van der Waals surface area contributed by atoms with Crippen molar-refractivity contribution in [2.45, 2.75) is 25.6 Å². The summed E-state index contributed by atoms with van der Waals surface area (Å²) in [6.07, 6.45) is 2.86. The normalized spacial score (nSPS) is 11.8. The molecule has 25 heavy (non-hydrogen) atoms. The fourth-order valence-electron chi connectivity index (χ4n) is 2.41. The first-order valence-corrected chi connectivity index (χ1v) is 9.35. The van der Waals surface area contributed by atoms with Gasteiger partial charge in [0.1, 0.15) is 0 Å². The number of hydrogen-bond acceptors (Lipinski definition) is 6. The van der Waals surface area contributed by atoms with Crippen LogP contribution in [0.4, 0.5) is 5.95 Å². The monoisotopic (exact) mass is 357 g/mol. The van der Waals surface area contributed by atoms with Gasteiger partial charge in [0.2, 0.25) is 16.0 Å². The maximum atomic E-state index is 12.8. The van der Waals surface area contributed by atoms with Crippen LogP contribution in [-0.4, -0.2) is 33.8 Å². The van der Waals surface area contributed by atoms with Gasteiger partial charge in [0.05, 0.1) is 28.5 Å². The van der Waals surface area contributed by atoms with Gasteiger partial charge < -0.3 is 10.7 Å². The van der Waals surface area contributed by atoms with Crippen molar-refractivity contribution in [3.8, 4) is 0 Å². The van der Waals surface area contributed by atoms with E-state index in [1.165, 1.54) is 10.2 Å². The Balaban J connectivity index is 2.12. The van der Waals surface area contributed by atoms with Crippen molar-refractivity contribution in [2.24, 2.45) is 0 Å². The van der Waals surface area contributed by atoms with E-state index in [0.717, 1.165) is 5.69 Å². The Morgan fingerprint density at radius 3 is 2.72 bits per heavy atom. The summed E-state index contributed by atoms with van der Waals surface area (Å²) in [6.45, 7) is 3.61. The molecule has 0 atom stereocenters. The molecule has 0 bridgehead atoms. The number of hydrogen-bond donors (Lipinski definition) is 2. The van der Waals surface area contributed by atoms with Crippen LogP contribution in [0.5, 0.6) is 0 Å². The zero-order valence-electron chi connectivity index (χ0n) is 14.0. The molecule has 0 radical (unpaired) electrons. The highest BCUT2D eigenvalue weighted by molar-refractivity contribution is 7.90. The maximum absolute atomic E-state index is 12.8. The summed E-state index contributed by atoms with van der Waals surface area (Å²) in [7, 11) is -3.62. The van der Waals surface area contributed by atoms with Gasteiger partial charge in [-0.25, -0.2) is 17.4 Å². The molecule has 8 heteroatoms. The van der Waals surface area contributed by atoms with Gasteiger partial charge in [0.15, 0.2) is 0 Å². The predicted octanol–water partition coefficient (Wildman–Crippen LogP) is 2.63. The van der Waals surface area contributed by atoms with Crippen LogP contribution in [0.3, 0.4) is 0 Å². The first kappa shape index (κ1) is 17.1. The highest BCUT2D eigenvalue weighted by Crippen LogP contribution is 2.25. The Hall–Kier alpha value is -2.74. The topological polar surface area (TPSA) is 101 Å². The summed E-state index contributed by atoms with van der Waals surface area (Å²) in [5.41, 5.74) is 2.41. The molecule has 3 aromatic rings. The molecule has 0 aliphatic rings. The first-order valence-electron chi connectivity index (χ1n) is 7.84. The van der Waals surface area contributed by atoms with E-state index in [0.29, 0.717) is 23.1 Å². The minimum atomic E-state index is -3.62. The average Bonchev–Trinajstić information content (AvgIpc) is 2.98. The maximum Gasteiger partial charge on any atom is 0.244 e. The number of rotatable bonds is 6. The van der Waals surface area contributed by atoms with Crippen molar-refractivity contribution in [1.82, 2.24) is 13.9 Å². The molecular weight excluding hydrogens is 338 g/mol. The summed E-state index contributed by atoms with van der Waals surface area (Å²) in [6, 6.07) is 10.6. The molecule has 0 unspecified atom stereocenters. The molecule has 3 rings (SSSR count). The van der Waals surface area contributed by atoms with Gasteiger partial charge in [-0.15, -0.1) is 0 Å². The molecule has 0 amide bonds. The van der Waals surface area contributed by atoms with Crippen LogP contribution in [0.15, 0.2) is 42.6 Å². The second-order valence-electron chi connectivity index (χ2n) is 5.86. The summed E-state index contributed by atoms with van der Waals surface area (Å²) in [5.74, 6) is 0.247. The number of nitrogens with one attached hydrogen (secondary N) is 2. The summed E-state index contributed by atoms with van der Waals surface area (Å²) < 4.78 is 26.9. The average molecular weight is 357 g/mol. The van der Waals surface area contributed by atoms with Crippen LogP contribution in [0.2, 0.25) is 0 Å². The number of aromatic nitrogens is 3. The van der Waals surface area contributed by atoms with Gasteiger partial charge in [-0.3, -0.25) is 4.98 Å². The molecule has 2 aromatic heterocycles. The summed E-state index contributed by atoms with van der Waals surface area (Å²) in [5, 5.41) is 9.87. The highest BCUT2D eigenvalue weighted by Gasteiger charge is 2.25. The highest BCUT2D eigenvalue weighted by atomic mass is 32.2. The number of pyridine rings is 1. The zero-order chi connectivity index (χ0) is 18.0. The quantitative estimate of drug-likeness (QED) is 0.661. The third kappa shape index (κ3) is 3.25. The van der Waals surface area contributed by atoms with E-state index in [-0.39, 0.29) is 5.95 Å². The Morgan fingerprint density at radius 1 is 1.28 bits per heavy atom. The standard InChI is InChI=1S/C17H19N5O2S/c1-12(2)25(23,24)22-16-9-13(10-18)6-7-15(16)21-17(22)20-11-14-5-3-4-8-19-14/h3-10,12,18H,11H2,1-2H3,(H,20,21). The lowest BCUT2D eigenvalue weighted by atomic mass is 10.2. The first-order chi connectivity index (χ1) is 11.9. The van der Waals surface area contributed by atoms with E-state index in [9.17, 15) is 8.42 Å². The fraction of sp³-hybridized carbons (Fsp3) is 0.235. The van der Waals surface area contributed by atoms with E-state index < -0.39 is 15.3 Å². The Bertz CT molecular complexity index is 1010. The van der Waals surface area contributed by atoms with Crippen molar-refractivity contribution < 1.29 is 8.42 Å². The minimum Gasteiger partial charge on any atom is -0.349 e. The molecule has 0 saturated heterocycles. The lowest BCUT2D eigenvalue weighted by molar-refractivity contribution is 0.580. The fourth-order valence-corrected chi connectivity index (χ4v) is 3.60. The molecule has 1 aromatic carbocycles. The second kappa shape index (κ2) is 6.64. The Morgan fingerprint density at radius 2 is 2.08 bits per heavy atom. The zero-order valence-corrected chi connectivity index (χ0v) is 14.8. The summed E-state index contributed by atoms with van der Waals surface area (Å²) >= 11 is 0. The Labute approximate surface area is 146 Å². The van der Waals surface area contributed by atoms with Crippen LogP contribution in [0, 0.1) is 5.41 Å². The predicted molar refractivity (Wildman–Crippen MR) is 98.6 cm³/mol. The number of fused-ring (bicyclic) bond motifs is 1. The molecule has 130 valence electrons. The third-order valence-corrected chi connectivity index (χ3v) is 5.88. The van der Waals surface area contributed by atoms with Crippen LogP contribution in [0.25, 0.3) is 11.0 Å². The van der Waals surface area contributed by atoms with Crippen LogP contribution < -0.4 is 5.32 Å². The van der Waals surface area contributed by atoms with Crippen molar-refractivity contribution in [3.05, 3.63) is 53.9 Å². The van der Waals surface area contributed by atoms with Gasteiger partial charge in [-0.05, 0) is 43.7 Å². The lowest BCUT2D eigenvalue weighted by Gasteiger charge is -2.14. The molecule has 2 N–H and O–H groups in total. The molecular formula is C17H19N5O2S. The van der Waals surface area contributed by atoms with Gasteiger partial charge in [0.25, 0.3) is 0 Å². The van der Waals surface area contributed by atoms with Crippen LogP contribution in [0.1, 0.15) is 25.1 Å². The minimum absolute atomic E-state index is 0.247. The largest absolute Gasteiger partial charge is 0.349 e. The van der Waals surface area contributed by atoms with Gasteiger partial charge in [0, 0.05) is 12.4 Å². The van der Waals surface area contributed by atoms with Crippen molar-refractivity contribution in [2.75, 3.05) is 5.32 Å². The van der Waals surface area contributed by atoms with E-state index in [1.54, 1.807) is 38.2 Å². The van der Waals surface area contributed by atoms with E-state index >= 15 is 0 Å².